The molecule has 188 valence electrons. The van der Waals surface area contributed by atoms with Crippen LogP contribution >= 0.6 is 7.82 Å². The van der Waals surface area contributed by atoms with Crippen LogP contribution in [-0.4, -0.2) is 73.1 Å². The Morgan fingerprint density at radius 3 is 2.80 bits per heavy atom. The number of anilines is 1. The third-order valence-electron chi connectivity index (χ3n) is 5.84. The molecule has 15 heteroatoms. The average Bonchev–Trinajstić information content (AvgIpc) is 3.52. The van der Waals surface area contributed by atoms with Crippen LogP contribution < -0.4 is 10.6 Å². The van der Waals surface area contributed by atoms with Crippen molar-refractivity contribution in [1.29, 1.82) is 0 Å². The summed E-state index contributed by atoms with van der Waals surface area (Å²) in [5.74, 6) is 0.195. The van der Waals surface area contributed by atoms with Crippen molar-refractivity contribution in [2.24, 2.45) is 5.92 Å². The molecule has 0 bridgehead atoms. The normalized spacial score (nSPS) is 30.0. The lowest BCUT2D eigenvalue weighted by Gasteiger charge is -2.25. The van der Waals surface area contributed by atoms with E-state index in [2.05, 4.69) is 25.6 Å². The predicted octanol–water partition coefficient (Wildman–Crippen LogP) is 1.22. The second-order valence-electron chi connectivity index (χ2n) is 8.16. The Bertz CT molecular complexity index is 1200. The summed E-state index contributed by atoms with van der Waals surface area (Å²) in [6.45, 7) is 1.83. The van der Waals surface area contributed by atoms with Gasteiger partial charge in [-0.15, -0.1) is 0 Å². The van der Waals surface area contributed by atoms with E-state index in [-0.39, 0.29) is 11.7 Å². The van der Waals surface area contributed by atoms with Crippen molar-refractivity contribution in [1.82, 2.24) is 24.8 Å². The number of carbonyl (C=O) groups excluding carboxylic acids is 1. The quantitative estimate of drug-likeness (QED) is 0.395. The van der Waals surface area contributed by atoms with E-state index >= 15 is 0 Å². The van der Waals surface area contributed by atoms with Crippen molar-refractivity contribution in [3.05, 3.63) is 37.0 Å². The summed E-state index contributed by atoms with van der Waals surface area (Å²) in [5.41, 5.74) is 0.712. The number of rotatable bonds is 7. The summed E-state index contributed by atoms with van der Waals surface area (Å²) in [7, 11) is -4.72. The highest BCUT2D eigenvalue weighted by atomic mass is 31.2. The molecule has 0 spiro atoms. The van der Waals surface area contributed by atoms with Gasteiger partial charge in [0, 0.05) is 12.5 Å². The lowest BCUT2D eigenvalue weighted by Crippen LogP contribution is -2.32. The highest BCUT2D eigenvalue weighted by molar-refractivity contribution is 7.46. The SMILES string of the molecule is CCNC(=O)Nc1ncnc2c1ncn2[C@@H]1O[C@H](COP(=O)(O)O)[C@H]2O[C@H](C3C=CC=CC3)OC12. The molecule has 2 aliphatic heterocycles. The zero-order valence-electron chi connectivity index (χ0n) is 18.6. The summed E-state index contributed by atoms with van der Waals surface area (Å²) in [6.07, 6.45) is 7.90. The van der Waals surface area contributed by atoms with Gasteiger partial charge in [-0.25, -0.2) is 24.3 Å². The van der Waals surface area contributed by atoms with E-state index in [1.165, 1.54) is 12.7 Å². The Morgan fingerprint density at radius 2 is 2.06 bits per heavy atom. The number of urea groups is 1. The maximum atomic E-state index is 12.0. The molecule has 2 unspecified atom stereocenters. The fourth-order valence-corrected chi connectivity index (χ4v) is 4.67. The number of ether oxygens (including phenoxy) is 3. The zero-order chi connectivity index (χ0) is 24.6. The van der Waals surface area contributed by atoms with Gasteiger partial charge in [0.2, 0.25) is 0 Å². The Morgan fingerprint density at radius 1 is 1.23 bits per heavy atom. The molecule has 2 aromatic heterocycles. The molecule has 2 saturated heterocycles. The van der Waals surface area contributed by atoms with Crippen LogP contribution in [0.3, 0.4) is 0 Å². The Hall–Kier alpha value is -2.71. The van der Waals surface area contributed by atoms with Crippen molar-refractivity contribution in [3.63, 3.8) is 0 Å². The Kier molecular flexibility index (Phi) is 6.68. The highest BCUT2D eigenvalue weighted by Gasteiger charge is 2.55. The lowest BCUT2D eigenvalue weighted by molar-refractivity contribution is -0.163. The van der Waals surface area contributed by atoms with Crippen molar-refractivity contribution < 1.29 is 37.9 Å². The molecular formula is C20H25N6O8P. The number of fused-ring (bicyclic) bond motifs is 2. The van der Waals surface area contributed by atoms with Crippen LogP contribution in [0.2, 0.25) is 0 Å². The van der Waals surface area contributed by atoms with Crippen LogP contribution in [0.5, 0.6) is 0 Å². The van der Waals surface area contributed by atoms with Gasteiger partial charge in [0.25, 0.3) is 0 Å². The summed E-state index contributed by atoms with van der Waals surface area (Å²) in [6, 6.07) is -0.432. The van der Waals surface area contributed by atoms with E-state index < -0.39 is 51.3 Å². The second-order valence-corrected chi connectivity index (χ2v) is 9.40. The average molecular weight is 508 g/mol. The molecule has 1 aliphatic carbocycles. The highest BCUT2D eigenvalue weighted by Crippen LogP contribution is 2.45. The summed E-state index contributed by atoms with van der Waals surface area (Å²) in [4.78, 5) is 43.1. The second kappa shape index (κ2) is 9.74. The molecule has 4 N–H and O–H groups in total. The van der Waals surface area contributed by atoms with Gasteiger partial charge >= 0.3 is 13.9 Å². The van der Waals surface area contributed by atoms with E-state index in [0.717, 1.165) is 6.42 Å². The molecule has 2 aromatic rings. The van der Waals surface area contributed by atoms with Crippen LogP contribution in [0.15, 0.2) is 37.0 Å². The number of hydrogen-bond acceptors (Lipinski definition) is 9. The van der Waals surface area contributed by atoms with Crippen LogP contribution in [0.1, 0.15) is 19.6 Å². The number of phosphoric acid groups is 1. The Balaban J connectivity index is 1.43. The molecule has 0 radical (unpaired) electrons. The van der Waals surface area contributed by atoms with Gasteiger partial charge in [-0.2, -0.15) is 0 Å². The Labute approximate surface area is 199 Å². The number of nitrogens with one attached hydrogen (secondary N) is 2. The predicted molar refractivity (Wildman–Crippen MR) is 120 cm³/mol. The third kappa shape index (κ3) is 5.00. The molecule has 5 rings (SSSR count). The van der Waals surface area contributed by atoms with E-state index in [1.54, 1.807) is 11.5 Å². The number of amides is 2. The fourth-order valence-electron chi connectivity index (χ4n) is 4.33. The minimum atomic E-state index is -4.72. The first-order valence-corrected chi connectivity index (χ1v) is 12.6. The van der Waals surface area contributed by atoms with E-state index in [1.807, 2.05) is 24.3 Å². The van der Waals surface area contributed by atoms with Gasteiger partial charge in [0.1, 0.15) is 24.6 Å². The summed E-state index contributed by atoms with van der Waals surface area (Å²) in [5, 5.41) is 5.26. The van der Waals surface area contributed by atoms with Crippen LogP contribution in [0, 0.1) is 5.92 Å². The van der Waals surface area contributed by atoms with Crippen molar-refractivity contribution in [2.45, 2.75) is 44.2 Å². The first kappa shape index (κ1) is 24.0. The van der Waals surface area contributed by atoms with Gasteiger partial charge in [-0.1, -0.05) is 24.3 Å². The standard InChI is InChI=1S/C20H25N6O8P/c1-2-21-20(27)25-16-13-17(23-9-22-16)26(10-24-13)18-15-14(12(32-18)8-31-35(28,29)30)33-19(34-15)11-6-4-3-5-7-11/h3-6,9-12,14-15,18-19H,2,7-8H2,1H3,(H2,28,29,30)(H2,21,22,23,25,27)/t11?,12-,14-,15?,18-,19+/m1/s1. The van der Waals surface area contributed by atoms with Gasteiger partial charge in [0.15, 0.2) is 29.5 Å². The van der Waals surface area contributed by atoms with Crippen molar-refractivity contribution in [2.75, 3.05) is 18.5 Å². The number of hydrogen-bond donors (Lipinski definition) is 4. The monoisotopic (exact) mass is 508 g/mol. The van der Waals surface area contributed by atoms with Crippen LogP contribution in [0.25, 0.3) is 11.2 Å². The molecule has 0 aromatic carbocycles. The topological polar surface area (TPSA) is 179 Å². The lowest BCUT2D eigenvalue weighted by atomic mass is 10.0. The number of aromatic nitrogens is 4. The molecule has 3 aliphatic rings. The molecule has 2 fully saturated rings. The van der Waals surface area contributed by atoms with Crippen molar-refractivity contribution >= 4 is 30.8 Å². The minimum absolute atomic E-state index is 0.0238. The summed E-state index contributed by atoms with van der Waals surface area (Å²) < 4.78 is 36.1. The third-order valence-corrected chi connectivity index (χ3v) is 6.33. The summed E-state index contributed by atoms with van der Waals surface area (Å²) >= 11 is 0. The van der Waals surface area contributed by atoms with Gasteiger partial charge < -0.3 is 29.3 Å². The maximum absolute atomic E-state index is 12.0. The van der Waals surface area contributed by atoms with Gasteiger partial charge in [-0.05, 0) is 13.3 Å². The number of nitrogens with zero attached hydrogens (tertiary/aromatic N) is 4. The van der Waals surface area contributed by atoms with E-state index in [0.29, 0.717) is 17.7 Å². The molecule has 35 heavy (non-hydrogen) atoms. The molecule has 0 saturated carbocycles. The molecular weight excluding hydrogens is 483 g/mol. The fraction of sp³-hybridized carbons (Fsp3) is 0.500. The van der Waals surface area contributed by atoms with E-state index in [9.17, 15) is 19.1 Å². The zero-order valence-corrected chi connectivity index (χ0v) is 19.5. The maximum Gasteiger partial charge on any atom is 0.469 e. The molecule has 4 heterocycles. The number of imidazole rings is 1. The minimum Gasteiger partial charge on any atom is -0.347 e. The van der Waals surface area contributed by atoms with Crippen LogP contribution in [-0.2, 0) is 23.3 Å². The first-order valence-electron chi connectivity index (χ1n) is 11.1. The largest absolute Gasteiger partial charge is 0.469 e. The van der Waals surface area contributed by atoms with Gasteiger partial charge in [0.05, 0.1) is 12.9 Å². The first-order chi connectivity index (χ1) is 16.8. The van der Waals surface area contributed by atoms with E-state index in [4.69, 9.17) is 18.7 Å². The molecule has 6 atom stereocenters. The van der Waals surface area contributed by atoms with Crippen molar-refractivity contribution in [3.8, 4) is 0 Å². The number of phosphoric ester groups is 1. The molecule has 14 nitrogen and oxygen atoms in total. The van der Waals surface area contributed by atoms with Crippen LogP contribution in [0.4, 0.5) is 10.6 Å². The van der Waals surface area contributed by atoms with Gasteiger partial charge in [-0.3, -0.25) is 14.4 Å². The molecule has 2 amide bonds. The smallest absolute Gasteiger partial charge is 0.347 e. The number of allylic oxidation sites excluding steroid dienone is 3. The number of carbonyl (C=O) groups is 1.